The first-order valence-corrected chi connectivity index (χ1v) is 7.37. The Balaban J connectivity index is 1.97. The number of halogens is 3. The van der Waals surface area contributed by atoms with E-state index in [2.05, 4.69) is 5.32 Å². The van der Waals surface area contributed by atoms with E-state index in [-0.39, 0.29) is 24.9 Å². The molecule has 1 aromatic carbocycles. The third-order valence-electron chi connectivity index (χ3n) is 4.22. The van der Waals surface area contributed by atoms with Crippen LogP contribution in [0.25, 0.3) is 0 Å². The summed E-state index contributed by atoms with van der Waals surface area (Å²) in [6, 6.07) is 7.57. The van der Waals surface area contributed by atoms with Crippen LogP contribution >= 0.6 is 0 Å². The number of ether oxygens (including phenoxy) is 1. The second-order valence-electron chi connectivity index (χ2n) is 5.77. The van der Waals surface area contributed by atoms with Crippen molar-refractivity contribution in [3.05, 3.63) is 29.8 Å². The Bertz CT molecular complexity index is 461. The van der Waals surface area contributed by atoms with Crippen molar-refractivity contribution < 1.29 is 17.9 Å². The summed E-state index contributed by atoms with van der Waals surface area (Å²) in [4.78, 5) is 0. The van der Waals surface area contributed by atoms with Gasteiger partial charge in [-0.3, -0.25) is 0 Å². The molecule has 118 valence electrons. The number of hydrogen-bond acceptors (Lipinski definition) is 2. The van der Waals surface area contributed by atoms with Crippen molar-refractivity contribution in [2.24, 2.45) is 5.92 Å². The monoisotopic (exact) mass is 301 g/mol. The predicted molar refractivity (Wildman–Crippen MR) is 76.3 cm³/mol. The van der Waals surface area contributed by atoms with E-state index in [0.29, 0.717) is 6.42 Å². The Morgan fingerprint density at radius 2 is 2.05 bits per heavy atom. The Morgan fingerprint density at radius 3 is 2.71 bits per heavy atom. The van der Waals surface area contributed by atoms with Gasteiger partial charge < -0.3 is 10.1 Å². The molecule has 1 aliphatic carbocycles. The van der Waals surface area contributed by atoms with Gasteiger partial charge in [-0.05, 0) is 43.9 Å². The first-order chi connectivity index (χ1) is 9.90. The lowest BCUT2D eigenvalue weighted by atomic mass is 9.85. The normalized spacial score (nSPS) is 24.6. The zero-order valence-corrected chi connectivity index (χ0v) is 12.4. The number of hydrogen-bond donors (Lipinski definition) is 1. The van der Waals surface area contributed by atoms with Crippen molar-refractivity contribution >= 4 is 0 Å². The second-order valence-corrected chi connectivity index (χ2v) is 5.77. The summed E-state index contributed by atoms with van der Waals surface area (Å²) < 4.78 is 43.7. The minimum Gasteiger partial charge on any atom is -0.497 e. The molecule has 0 amide bonds. The average Bonchev–Trinajstić information content (AvgIpc) is 2.46. The van der Waals surface area contributed by atoms with Crippen molar-refractivity contribution in [1.29, 1.82) is 0 Å². The summed E-state index contributed by atoms with van der Waals surface area (Å²) in [5.74, 6) is -0.403. The molecule has 1 aliphatic rings. The van der Waals surface area contributed by atoms with Crippen LogP contribution in [-0.2, 0) is 0 Å². The highest BCUT2D eigenvalue weighted by Gasteiger charge is 2.42. The number of nitrogens with one attached hydrogen (secondary N) is 1. The molecule has 1 N–H and O–H groups in total. The Labute approximate surface area is 123 Å². The van der Waals surface area contributed by atoms with E-state index in [1.165, 1.54) is 0 Å². The molecule has 2 rings (SSSR count). The summed E-state index contributed by atoms with van der Waals surface area (Å²) in [7, 11) is 1.60. The van der Waals surface area contributed by atoms with Gasteiger partial charge in [0.15, 0.2) is 0 Å². The fourth-order valence-corrected chi connectivity index (χ4v) is 3.00. The Kier molecular flexibility index (Phi) is 5.14. The first kappa shape index (κ1) is 16.1. The van der Waals surface area contributed by atoms with E-state index >= 15 is 0 Å². The van der Waals surface area contributed by atoms with Crippen LogP contribution in [0.1, 0.15) is 44.2 Å². The van der Waals surface area contributed by atoms with E-state index in [4.69, 9.17) is 4.74 Å². The molecule has 0 radical (unpaired) electrons. The van der Waals surface area contributed by atoms with Gasteiger partial charge in [-0.2, -0.15) is 13.2 Å². The zero-order chi connectivity index (χ0) is 15.5. The average molecular weight is 301 g/mol. The lowest BCUT2D eigenvalue weighted by Crippen LogP contribution is -2.39. The topological polar surface area (TPSA) is 21.3 Å². The molecule has 1 aromatic rings. The molecule has 2 unspecified atom stereocenters. The van der Waals surface area contributed by atoms with Gasteiger partial charge in [0.05, 0.1) is 13.0 Å². The summed E-state index contributed by atoms with van der Waals surface area (Å²) in [6.45, 7) is 1.98. The molecule has 0 heterocycles. The van der Waals surface area contributed by atoms with Crippen LogP contribution in [0, 0.1) is 5.92 Å². The summed E-state index contributed by atoms with van der Waals surface area (Å²) in [5, 5.41) is 3.33. The van der Waals surface area contributed by atoms with Crippen molar-refractivity contribution in [1.82, 2.24) is 5.32 Å². The van der Waals surface area contributed by atoms with E-state index in [0.717, 1.165) is 17.7 Å². The highest BCUT2D eigenvalue weighted by atomic mass is 19.4. The van der Waals surface area contributed by atoms with Crippen LogP contribution < -0.4 is 10.1 Å². The molecule has 21 heavy (non-hydrogen) atoms. The number of methoxy groups -OCH3 is 1. The number of rotatable bonds is 4. The first-order valence-electron chi connectivity index (χ1n) is 7.37. The van der Waals surface area contributed by atoms with Crippen molar-refractivity contribution in [2.45, 2.75) is 50.9 Å². The fraction of sp³-hybridized carbons (Fsp3) is 0.625. The van der Waals surface area contributed by atoms with Gasteiger partial charge >= 0.3 is 6.18 Å². The number of alkyl halides is 3. The Hall–Kier alpha value is -1.23. The summed E-state index contributed by atoms with van der Waals surface area (Å²) in [5.41, 5.74) is 1.03. The molecule has 0 spiro atoms. The van der Waals surface area contributed by atoms with Crippen LogP contribution in [0.3, 0.4) is 0 Å². The largest absolute Gasteiger partial charge is 0.497 e. The smallest absolute Gasteiger partial charge is 0.391 e. The van der Waals surface area contributed by atoms with E-state index in [9.17, 15) is 13.2 Å². The maximum atomic E-state index is 12.8. The van der Waals surface area contributed by atoms with Gasteiger partial charge in [0, 0.05) is 12.1 Å². The highest BCUT2D eigenvalue weighted by Crippen LogP contribution is 2.38. The van der Waals surface area contributed by atoms with Gasteiger partial charge in [-0.1, -0.05) is 18.6 Å². The quantitative estimate of drug-likeness (QED) is 0.886. The van der Waals surface area contributed by atoms with E-state index < -0.39 is 12.1 Å². The molecule has 5 heteroatoms. The SMILES string of the molecule is COc1cccc([C@@H](C)NC2CCCC(C(F)(F)F)C2)c1. The molecule has 0 aliphatic heterocycles. The molecule has 1 fully saturated rings. The molecule has 3 atom stereocenters. The maximum Gasteiger partial charge on any atom is 0.391 e. The van der Waals surface area contributed by atoms with Crippen LogP contribution in [0.15, 0.2) is 24.3 Å². The number of benzene rings is 1. The standard InChI is InChI=1S/C16H22F3NO/c1-11(12-5-3-8-15(9-12)21-2)20-14-7-4-6-13(10-14)16(17,18)19/h3,5,8-9,11,13-14,20H,4,6-7,10H2,1-2H3/t11-,13?,14?/m1/s1. The van der Waals surface area contributed by atoms with Crippen LogP contribution in [-0.4, -0.2) is 19.3 Å². The van der Waals surface area contributed by atoms with Crippen LogP contribution in [0.2, 0.25) is 0 Å². The van der Waals surface area contributed by atoms with Gasteiger partial charge in [0.25, 0.3) is 0 Å². The van der Waals surface area contributed by atoms with Gasteiger partial charge in [-0.15, -0.1) is 0 Å². The molecular weight excluding hydrogens is 279 g/mol. The van der Waals surface area contributed by atoms with Crippen molar-refractivity contribution in [3.8, 4) is 5.75 Å². The lowest BCUT2D eigenvalue weighted by molar-refractivity contribution is -0.183. The minimum absolute atomic E-state index is 0.0112. The van der Waals surface area contributed by atoms with E-state index in [1.54, 1.807) is 7.11 Å². The Morgan fingerprint density at radius 1 is 1.29 bits per heavy atom. The third-order valence-corrected chi connectivity index (χ3v) is 4.22. The highest BCUT2D eigenvalue weighted by molar-refractivity contribution is 5.30. The second kappa shape index (κ2) is 6.69. The minimum atomic E-state index is -4.07. The zero-order valence-electron chi connectivity index (χ0n) is 12.4. The molecule has 0 bridgehead atoms. The molecular formula is C16H22F3NO. The van der Waals surface area contributed by atoms with Crippen molar-refractivity contribution in [2.75, 3.05) is 7.11 Å². The fourth-order valence-electron chi connectivity index (χ4n) is 3.00. The predicted octanol–water partition coefficient (Wildman–Crippen LogP) is 4.47. The van der Waals surface area contributed by atoms with E-state index in [1.807, 2.05) is 31.2 Å². The molecule has 0 saturated heterocycles. The maximum absolute atomic E-state index is 12.8. The third kappa shape index (κ3) is 4.37. The lowest BCUT2D eigenvalue weighted by Gasteiger charge is -2.33. The molecule has 2 nitrogen and oxygen atoms in total. The van der Waals surface area contributed by atoms with Crippen LogP contribution in [0.4, 0.5) is 13.2 Å². The summed E-state index contributed by atoms with van der Waals surface area (Å²) >= 11 is 0. The van der Waals surface area contributed by atoms with Gasteiger partial charge in [-0.25, -0.2) is 0 Å². The van der Waals surface area contributed by atoms with Gasteiger partial charge in [0.2, 0.25) is 0 Å². The molecule has 0 aromatic heterocycles. The summed E-state index contributed by atoms with van der Waals surface area (Å²) in [6.07, 6.45) is -2.19. The van der Waals surface area contributed by atoms with Crippen molar-refractivity contribution in [3.63, 3.8) is 0 Å². The van der Waals surface area contributed by atoms with Crippen LogP contribution in [0.5, 0.6) is 5.75 Å². The molecule has 1 saturated carbocycles. The van der Waals surface area contributed by atoms with Gasteiger partial charge in [0.1, 0.15) is 5.75 Å².